The summed E-state index contributed by atoms with van der Waals surface area (Å²) in [7, 11) is 0. The first kappa shape index (κ1) is 13.9. The zero-order chi connectivity index (χ0) is 14.7. The highest BCUT2D eigenvalue weighted by Crippen LogP contribution is 2.22. The molecule has 0 radical (unpaired) electrons. The molecule has 4 heteroatoms. The summed E-state index contributed by atoms with van der Waals surface area (Å²) in [5.41, 5.74) is 1.28. The van der Waals surface area contributed by atoms with Crippen LogP contribution in [-0.4, -0.2) is 29.7 Å². The van der Waals surface area contributed by atoms with E-state index in [2.05, 4.69) is 0 Å². The second-order valence-corrected chi connectivity index (χ2v) is 5.55. The average Bonchev–Trinajstić information content (AvgIpc) is 2.91. The van der Waals surface area contributed by atoms with E-state index in [1.54, 1.807) is 4.90 Å². The zero-order valence-electron chi connectivity index (χ0n) is 12.0. The van der Waals surface area contributed by atoms with E-state index in [-0.39, 0.29) is 18.2 Å². The number of amides is 1. The van der Waals surface area contributed by atoms with Gasteiger partial charge in [-0.3, -0.25) is 9.59 Å². The number of para-hydroxylation sites is 1. The molecule has 4 nitrogen and oxygen atoms in total. The Balaban J connectivity index is 1.77. The van der Waals surface area contributed by atoms with E-state index in [0.717, 1.165) is 31.1 Å². The maximum Gasteiger partial charge on any atom is 0.222 e. The summed E-state index contributed by atoms with van der Waals surface area (Å²) in [4.78, 5) is 26.3. The Kier molecular flexibility index (Phi) is 4.04. The second kappa shape index (κ2) is 6.12. The average molecular weight is 285 g/mol. The first-order valence-electron chi connectivity index (χ1n) is 7.53. The highest BCUT2D eigenvalue weighted by atomic mass is 16.3. The van der Waals surface area contributed by atoms with Gasteiger partial charge < -0.3 is 9.32 Å². The molecule has 3 rings (SSSR count). The van der Waals surface area contributed by atoms with E-state index in [0.29, 0.717) is 24.1 Å². The Labute approximate surface area is 123 Å². The van der Waals surface area contributed by atoms with Crippen molar-refractivity contribution < 1.29 is 14.0 Å². The maximum atomic E-state index is 12.5. The van der Waals surface area contributed by atoms with E-state index in [4.69, 9.17) is 4.42 Å². The molecule has 1 saturated heterocycles. The van der Waals surface area contributed by atoms with Crippen LogP contribution in [0.3, 0.4) is 0 Å². The van der Waals surface area contributed by atoms with Crippen molar-refractivity contribution in [2.75, 3.05) is 13.1 Å². The molecule has 0 atom stereocenters. The number of carbonyl (C=O) groups excluding carboxylic acids is 2. The van der Waals surface area contributed by atoms with Crippen molar-refractivity contribution in [3.63, 3.8) is 0 Å². The minimum absolute atomic E-state index is 0.0473. The standard InChI is InChI=1S/C17H19NO3/c19-15(11-18-10-6-2-1-3-9-17(18)20)14-12-21-16-8-5-4-7-13(14)16/h4-5,7-8,12H,1-3,6,9-11H2. The van der Waals surface area contributed by atoms with Gasteiger partial charge in [0, 0.05) is 18.4 Å². The maximum absolute atomic E-state index is 12.5. The van der Waals surface area contributed by atoms with Gasteiger partial charge in [-0.1, -0.05) is 31.0 Å². The van der Waals surface area contributed by atoms with Crippen molar-refractivity contribution >= 4 is 22.7 Å². The summed E-state index contributed by atoms with van der Waals surface area (Å²) in [6.45, 7) is 0.836. The fraction of sp³-hybridized carbons (Fsp3) is 0.412. The van der Waals surface area contributed by atoms with Crippen molar-refractivity contribution in [2.45, 2.75) is 32.1 Å². The topological polar surface area (TPSA) is 50.5 Å². The van der Waals surface area contributed by atoms with Gasteiger partial charge >= 0.3 is 0 Å². The lowest BCUT2D eigenvalue weighted by Gasteiger charge is -2.23. The monoisotopic (exact) mass is 285 g/mol. The summed E-state index contributed by atoms with van der Waals surface area (Å²) in [5.74, 6) is 0.0460. The van der Waals surface area contributed by atoms with Crippen LogP contribution in [0.4, 0.5) is 0 Å². The lowest BCUT2D eigenvalue weighted by atomic mass is 10.1. The van der Waals surface area contributed by atoms with Crippen LogP contribution in [0.15, 0.2) is 34.9 Å². The van der Waals surface area contributed by atoms with Gasteiger partial charge in [0.1, 0.15) is 11.8 Å². The smallest absolute Gasteiger partial charge is 0.222 e. The molecule has 0 aliphatic carbocycles. The summed E-state index contributed by atoms with van der Waals surface area (Å²) in [6, 6.07) is 7.48. The minimum Gasteiger partial charge on any atom is -0.464 e. The summed E-state index contributed by atoms with van der Waals surface area (Å²) < 4.78 is 5.41. The summed E-state index contributed by atoms with van der Waals surface area (Å²) in [5, 5.41) is 0.821. The largest absolute Gasteiger partial charge is 0.464 e. The lowest BCUT2D eigenvalue weighted by Crippen LogP contribution is -2.37. The first-order chi connectivity index (χ1) is 10.3. The van der Waals surface area contributed by atoms with Gasteiger partial charge in [-0.05, 0) is 18.9 Å². The molecule has 0 spiro atoms. The highest BCUT2D eigenvalue weighted by Gasteiger charge is 2.21. The van der Waals surface area contributed by atoms with Gasteiger partial charge in [0.05, 0.1) is 12.1 Å². The second-order valence-electron chi connectivity index (χ2n) is 5.55. The normalized spacial score (nSPS) is 16.8. The number of nitrogens with zero attached hydrogens (tertiary/aromatic N) is 1. The molecule has 0 saturated carbocycles. The number of hydrogen-bond acceptors (Lipinski definition) is 3. The SMILES string of the molecule is O=C(CN1CCCCCCC1=O)c1coc2ccccc12. The van der Waals surface area contributed by atoms with Gasteiger partial charge in [-0.2, -0.15) is 0 Å². The molecule has 1 aromatic heterocycles. The van der Waals surface area contributed by atoms with Crippen LogP contribution in [0.1, 0.15) is 42.5 Å². The van der Waals surface area contributed by atoms with Gasteiger partial charge in [-0.25, -0.2) is 0 Å². The predicted octanol–water partition coefficient (Wildman–Crippen LogP) is 3.41. The number of ketones is 1. The molecule has 110 valence electrons. The van der Waals surface area contributed by atoms with Gasteiger partial charge in [-0.15, -0.1) is 0 Å². The molecule has 21 heavy (non-hydrogen) atoms. The molecule has 0 unspecified atom stereocenters. The van der Waals surface area contributed by atoms with Crippen molar-refractivity contribution in [3.8, 4) is 0 Å². The molecule has 0 bridgehead atoms. The number of Topliss-reactive ketones (excluding diaryl/α,β-unsaturated/α-hetero) is 1. The third kappa shape index (κ3) is 2.99. The number of hydrogen-bond donors (Lipinski definition) is 0. The first-order valence-corrected chi connectivity index (χ1v) is 7.53. The number of likely N-dealkylation sites (tertiary alicyclic amines) is 1. The van der Waals surface area contributed by atoms with Crippen LogP contribution in [0.25, 0.3) is 11.0 Å². The van der Waals surface area contributed by atoms with E-state index in [9.17, 15) is 9.59 Å². The fourth-order valence-electron chi connectivity index (χ4n) is 2.83. The Morgan fingerprint density at radius 3 is 2.86 bits per heavy atom. The molecular formula is C17H19NO3. The van der Waals surface area contributed by atoms with Crippen LogP contribution >= 0.6 is 0 Å². The number of benzene rings is 1. The predicted molar refractivity (Wildman–Crippen MR) is 80.2 cm³/mol. The number of fused-ring (bicyclic) bond motifs is 1. The third-order valence-corrected chi connectivity index (χ3v) is 4.04. The Hall–Kier alpha value is -2.10. The quantitative estimate of drug-likeness (QED) is 0.812. The fourth-order valence-corrected chi connectivity index (χ4v) is 2.83. The molecule has 1 aromatic carbocycles. The van der Waals surface area contributed by atoms with E-state index in [1.165, 1.54) is 6.26 Å². The van der Waals surface area contributed by atoms with Crippen molar-refractivity contribution in [1.82, 2.24) is 4.90 Å². The van der Waals surface area contributed by atoms with Crippen LogP contribution in [-0.2, 0) is 4.79 Å². The minimum atomic E-state index is -0.0473. The highest BCUT2D eigenvalue weighted by molar-refractivity contribution is 6.08. The van der Waals surface area contributed by atoms with Gasteiger partial charge in [0.15, 0.2) is 5.78 Å². The third-order valence-electron chi connectivity index (χ3n) is 4.04. The lowest BCUT2D eigenvalue weighted by molar-refractivity contribution is -0.131. The molecule has 2 aromatic rings. The summed E-state index contributed by atoms with van der Waals surface area (Å²) >= 11 is 0. The van der Waals surface area contributed by atoms with Crippen LogP contribution < -0.4 is 0 Å². The molecule has 1 aliphatic heterocycles. The molecule has 1 aliphatic rings. The van der Waals surface area contributed by atoms with E-state index < -0.39 is 0 Å². The van der Waals surface area contributed by atoms with Crippen LogP contribution in [0.5, 0.6) is 0 Å². The van der Waals surface area contributed by atoms with Gasteiger partial charge in [0.2, 0.25) is 5.91 Å². The van der Waals surface area contributed by atoms with E-state index in [1.807, 2.05) is 24.3 Å². The van der Waals surface area contributed by atoms with Crippen molar-refractivity contribution in [3.05, 3.63) is 36.1 Å². The number of furan rings is 1. The molecular weight excluding hydrogens is 266 g/mol. The Bertz CT molecular complexity index is 659. The molecule has 0 N–H and O–H groups in total. The summed E-state index contributed by atoms with van der Waals surface area (Å²) in [6.07, 6.45) is 6.21. The van der Waals surface area contributed by atoms with Crippen molar-refractivity contribution in [2.24, 2.45) is 0 Å². The zero-order valence-corrected chi connectivity index (χ0v) is 12.0. The van der Waals surface area contributed by atoms with Crippen LogP contribution in [0.2, 0.25) is 0 Å². The molecule has 2 heterocycles. The van der Waals surface area contributed by atoms with Crippen molar-refractivity contribution in [1.29, 1.82) is 0 Å². The molecule has 1 fully saturated rings. The number of carbonyl (C=O) groups is 2. The Morgan fingerprint density at radius 1 is 1.14 bits per heavy atom. The van der Waals surface area contributed by atoms with Crippen LogP contribution in [0, 0.1) is 0 Å². The number of rotatable bonds is 3. The van der Waals surface area contributed by atoms with E-state index >= 15 is 0 Å². The van der Waals surface area contributed by atoms with Gasteiger partial charge in [0.25, 0.3) is 0 Å². The Morgan fingerprint density at radius 2 is 1.95 bits per heavy atom. The molecule has 1 amide bonds.